The number of carboxylic acid groups (broad SMARTS) is 1. The van der Waals surface area contributed by atoms with Crippen molar-refractivity contribution in [3.05, 3.63) is 28.1 Å². The molecule has 1 aromatic rings. The van der Waals surface area contributed by atoms with Crippen LogP contribution in [0.4, 0.5) is 5.69 Å². The van der Waals surface area contributed by atoms with Gasteiger partial charge in [-0.3, -0.25) is 14.9 Å². The molecule has 18 heavy (non-hydrogen) atoms. The van der Waals surface area contributed by atoms with Gasteiger partial charge in [-0.1, -0.05) is 0 Å². The van der Waals surface area contributed by atoms with Crippen molar-refractivity contribution in [3.8, 4) is 0 Å². The maximum absolute atomic E-state index is 12.0. The number of nitrogens with zero attached hydrogens (tertiary/aromatic N) is 2. The van der Waals surface area contributed by atoms with Crippen LogP contribution in [-0.4, -0.2) is 44.4 Å². The standard InChI is InChI=1S/C10H11N3O5/c14-9(7-4-6(5-11-7)13(17)18)12-3-1-2-8(12)10(15)16/h4-5,8,11H,1-3H2,(H,15,16)/t8-/m0/s1. The Kier molecular flexibility index (Phi) is 3.00. The number of carboxylic acids is 1. The van der Waals surface area contributed by atoms with Gasteiger partial charge < -0.3 is 15.0 Å². The van der Waals surface area contributed by atoms with Crippen LogP contribution < -0.4 is 0 Å². The van der Waals surface area contributed by atoms with Gasteiger partial charge in [0.15, 0.2) is 0 Å². The average molecular weight is 253 g/mol. The Morgan fingerprint density at radius 2 is 2.28 bits per heavy atom. The fourth-order valence-corrected chi connectivity index (χ4v) is 2.03. The SMILES string of the molecule is O=C(O)[C@@H]1CCCN1C(=O)c1cc([N+](=O)[O-])c[nH]1. The van der Waals surface area contributed by atoms with Gasteiger partial charge in [0.05, 0.1) is 11.1 Å². The van der Waals surface area contributed by atoms with Crippen LogP contribution in [0.15, 0.2) is 12.3 Å². The van der Waals surface area contributed by atoms with Crippen molar-refractivity contribution in [2.45, 2.75) is 18.9 Å². The number of amides is 1. The molecule has 1 saturated heterocycles. The lowest BCUT2D eigenvalue weighted by Gasteiger charge is -2.20. The smallest absolute Gasteiger partial charge is 0.326 e. The van der Waals surface area contributed by atoms with E-state index in [4.69, 9.17) is 5.11 Å². The van der Waals surface area contributed by atoms with Gasteiger partial charge in [-0.05, 0) is 12.8 Å². The molecule has 1 fully saturated rings. The number of carbonyl (C=O) groups is 2. The molecule has 2 N–H and O–H groups in total. The molecule has 0 saturated carbocycles. The van der Waals surface area contributed by atoms with Crippen molar-refractivity contribution >= 4 is 17.6 Å². The van der Waals surface area contributed by atoms with Crippen molar-refractivity contribution in [2.24, 2.45) is 0 Å². The molecule has 1 amide bonds. The van der Waals surface area contributed by atoms with Gasteiger partial charge in [-0.15, -0.1) is 0 Å². The highest BCUT2D eigenvalue weighted by Gasteiger charge is 2.35. The Morgan fingerprint density at radius 3 is 2.83 bits per heavy atom. The van der Waals surface area contributed by atoms with Gasteiger partial charge >= 0.3 is 5.97 Å². The van der Waals surface area contributed by atoms with Crippen LogP contribution >= 0.6 is 0 Å². The van der Waals surface area contributed by atoms with Gasteiger partial charge in [-0.25, -0.2) is 4.79 Å². The third kappa shape index (κ3) is 2.04. The van der Waals surface area contributed by atoms with E-state index in [0.29, 0.717) is 19.4 Å². The summed E-state index contributed by atoms with van der Waals surface area (Å²) in [4.78, 5) is 36.6. The Hall–Kier alpha value is -2.38. The molecule has 2 heterocycles. The second kappa shape index (κ2) is 4.47. The molecular weight excluding hydrogens is 242 g/mol. The summed E-state index contributed by atoms with van der Waals surface area (Å²) in [6, 6.07) is 0.263. The van der Waals surface area contributed by atoms with E-state index in [1.807, 2.05) is 0 Å². The zero-order chi connectivity index (χ0) is 13.3. The zero-order valence-corrected chi connectivity index (χ0v) is 9.33. The minimum Gasteiger partial charge on any atom is -0.480 e. The van der Waals surface area contributed by atoms with Gasteiger partial charge in [0.25, 0.3) is 11.6 Å². The number of rotatable bonds is 3. The topological polar surface area (TPSA) is 117 Å². The quantitative estimate of drug-likeness (QED) is 0.604. The molecule has 1 aliphatic rings. The van der Waals surface area contributed by atoms with Crippen LogP contribution in [0.2, 0.25) is 0 Å². The van der Waals surface area contributed by atoms with Crippen molar-refractivity contribution in [3.63, 3.8) is 0 Å². The molecule has 0 radical (unpaired) electrons. The fraction of sp³-hybridized carbons (Fsp3) is 0.400. The third-order valence-electron chi connectivity index (χ3n) is 2.91. The van der Waals surface area contributed by atoms with Crippen LogP contribution in [0, 0.1) is 10.1 Å². The summed E-state index contributed by atoms with van der Waals surface area (Å²) in [6.45, 7) is 0.350. The Bertz CT molecular complexity index is 509. The highest BCUT2D eigenvalue weighted by atomic mass is 16.6. The molecule has 1 aromatic heterocycles. The van der Waals surface area contributed by atoms with Crippen molar-refractivity contribution in [1.82, 2.24) is 9.88 Å². The maximum atomic E-state index is 12.0. The van der Waals surface area contributed by atoms with E-state index in [1.165, 1.54) is 4.90 Å². The Morgan fingerprint density at radius 1 is 1.56 bits per heavy atom. The minimum atomic E-state index is -1.05. The number of nitrogens with one attached hydrogen (secondary N) is 1. The van der Waals surface area contributed by atoms with Crippen molar-refractivity contribution in [2.75, 3.05) is 6.54 Å². The lowest BCUT2D eigenvalue weighted by Crippen LogP contribution is -2.40. The lowest BCUT2D eigenvalue weighted by atomic mass is 10.2. The summed E-state index contributed by atoms with van der Waals surface area (Å²) in [7, 11) is 0. The molecule has 0 aromatic carbocycles. The monoisotopic (exact) mass is 253 g/mol. The molecule has 0 unspecified atom stereocenters. The highest BCUT2D eigenvalue weighted by molar-refractivity contribution is 5.96. The predicted molar refractivity (Wildman–Crippen MR) is 59.1 cm³/mol. The fourth-order valence-electron chi connectivity index (χ4n) is 2.03. The van der Waals surface area contributed by atoms with E-state index < -0.39 is 22.8 Å². The molecule has 8 nitrogen and oxygen atoms in total. The molecule has 8 heteroatoms. The summed E-state index contributed by atoms with van der Waals surface area (Å²) in [5.74, 6) is -1.57. The molecule has 2 rings (SSSR count). The molecule has 0 bridgehead atoms. The number of aliphatic carboxylic acids is 1. The van der Waals surface area contributed by atoms with Gasteiger partial charge in [0.1, 0.15) is 11.7 Å². The molecule has 96 valence electrons. The van der Waals surface area contributed by atoms with Crippen LogP contribution in [0.3, 0.4) is 0 Å². The van der Waals surface area contributed by atoms with E-state index in [0.717, 1.165) is 12.3 Å². The van der Waals surface area contributed by atoms with Crippen LogP contribution in [0.25, 0.3) is 0 Å². The van der Waals surface area contributed by atoms with Gasteiger partial charge in [0, 0.05) is 12.6 Å². The number of carbonyl (C=O) groups excluding carboxylic acids is 1. The predicted octanol–water partition coefficient (Wildman–Crippen LogP) is 0.612. The number of hydrogen-bond acceptors (Lipinski definition) is 4. The normalized spacial score (nSPS) is 18.9. The summed E-state index contributed by atoms with van der Waals surface area (Å²) in [6.07, 6.45) is 2.13. The van der Waals surface area contributed by atoms with Crippen molar-refractivity contribution < 1.29 is 19.6 Å². The van der Waals surface area contributed by atoms with Gasteiger partial charge in [0.2, 0.25) is 0 Å². The first-order valence-corrected chi connectivity index (χ1v) is 5.37. The van der Waals surface area contributed by atoms with E-state index in [9.17, 15) is 19.7 Å². The number of hydrogen-bond donors (Lipinski definition) is 2. The first kappa shape index (κ1) is 12.1. The molecule has 1 aliphatic heterocycles. The van der Waals surface area contributed by atoms with Crippen LogP contribution in [0.1, 0.15) is 23.3 Å². The second-order valence-corrected chi connectivity index (χ2v) is 4.02. The number of H-pyrrole nitrogens is 1. The zero-order valence-electron chi connectivity index (χ0n) is 9.33. The number of nitro groups is 1. The highest BCUT2D eigenvalue weighted by Crippen LogP contribution is 2.21. The van der Waals surface area contributed by atoms with Crippen LogP contribution in [0.5, 0.6) is 0 Å². The van der Waals surface area contributed by atoms with E-state index in [-0.39, 0.29) is 11.4 Å². The average Bonchev–Trinajstić information content (AvgIpc) is 2.97. The minimum absolute atomic E-state index is 0.0369. The molecule has 1 atom stereocenters. The molecule has 0 spiro atoms. The molecular formula is C10H11N3O5. The first-order valence-electron chi connectivity index (χ1n) is 5.37. The van der Waals surface area contributed by atoms with Gasteiger partial charge in [-0.2, -0.15) is 0 Å². The second-order valence-electron chi connectivity index (χ2n) is 4.02. The third-order valence-corrected chi connectivity index (χ3v) is 2.91. The first-order chi connectivity index (χ1) is 8.50. The summed E-state index contributed by atoms with van der Waals surface area (Å²) < 4.78 is 0. The lowest BCUT2D eigenvalue weighted by molar-refractivity contribution is -0.384. The maximum Gasteiger partial charge on any atom is 0.326 e. The number of aromatic amines is 1. The molecule has 0 aliphatic carbocycles. The summed E-state index contributed by atoms with van der Waals surface area (Å²) in [5.41, 5.74) is -0.181. The largest absolute Gasteiger partial charge is 0.480 e. The number of aromatic nitrogens is 1. The van der Waals surface area contributed by atoms with Crippen molar-refractivity contribution in [1.29, 1.82) is 0 Å². The van der Waals surface area contributed by atoms with E-state index in [1.54, 1.807) is 0 Å². The number of likely N-dealkylation sites (tertiary alicyclic amines) is 1. The Labute approximate surface area is 101 Å². The Balaban J connectivity index is 2.20. The van der Waals surface area contributed by atoms with Crippen LogP contribution in [-0.2, 0) is 4.79 Å². The van der Waals surface area contributed by atoms with E-state index >= 15 is 0 Å². The van der Waals surface area contributed by atoms with E-state index in [2.05, 4.69) is 4.98 Å². The summed E-state index contributed by atoms with van der Waals surface area (Å²) >= 11 is 0. The summed E-state index contributed by atoms with van der Waals surface area (Å²) in [5, 5.41) is 19.5.